The third-order valence-corrected chi connectivity index (χ3v) is 1.79. The topological polar surface area (TPSA) is 58.6 Å². The van der Waals surface area contributed by atoms with E-state index < -0.39 is 11.7 Å². The SMILES string of the molecule is CC(C)(C)OC(=O)N[C@H](CO)CCP. The Balaban J connectivity index is 3.91. The summed E-state index contributed by atoms with van der Waals surface area (Å²) in [5.74, 6) is 0. The molecule has 2 atom stereocenters. The standard InChI is InChI=1S/C9H20NO3P/c1-9(2,3)13-8(12)10-7(6-11)4-5-14/h7,11H,4-6,14H2,1-3H3,(H,10,12)/t7-/m0/s1. The molecule has 0 aliphatic carbocycles. The maximum atomic E-state index is 11.3. The Morgan fingerprint density at radius 2 is 2.14 bits per heavy atom. The summed E-state index contributed by atoms with van der Waals surface area (Å²) in [5, 5.41) is 11.5. The number of hydrogen-bond acceptors (Lipinski definition) is 3. The van der Waals surface area contributed by atoms with Gasteiger partial charge in [-0.15, -0.1) is 9.24 Å². The summed E-state index contributed by atoms with van der Waals surface area (Å²) < 4.78 is 5.05. The molecule has 4 nitrogen and oxygen atoms in total. The van der Waals surface area contributed by atoms with Crippen LogP contribution in [0.3, 0.4) is 0 Å². The van der Waals surface area contributed by atoms with Crippen molar-refractivity contribution < 1.29 is 14.6 Å². The van der Waals surface area contributed by atoms with Crippen molar-refractivity contribution in [2.45, 2.75) is 38.8 Å². The fourth-order valence-electron chi connectivity index (χ4n) is 0.885. The molecule has 0 spiro atoms. The number of aliphatic hydroxyl groups excluding tert-OH is 1. The maximum absolute atomic E-state index is 11.3. The number of ether oxygens (including phenoxy) is 1. The highest BCUT2D eigenvalue weighted by Gasteiger charge is 2.18. The molecule has 0 heterocycles. The first kappa shape index (κ1) is 13.7. The summed E-state index contributed by atoms with van der Waals surface area (Å²) in [6.07, 6.45) is 1.08. The van der Waals surface area contributed by atoms with Gasteiger partial charge in [-0.2, -0.15) is 0 Å². The molecule has 84 valence electrons. The number of aliphatic hydroxyl groups is 1. The Bertz CT molecular complexity index is 179. The monoisotopic (exact) mass is 221 g/mol. The fourth-order valence-corrected chi connectivity index (χ4v) is 1.29. The Labute approximate surface area is 87.6 Å². The van der Waals surface area contributed by atoms with E-state index in [1.807, 2.05) is 0 Å². The van der Waals surface area contributed by atoms with Crippen LogP contribution in [0.1, 0.15) is 27.2 Å². The maximum Gasteiger partial charge on any atom is 0.407 e. The molecule has 0 saturated heterocycles. The molecular weight excluding hydrogens is 201 g/mol. The number of carbonyl (C=O) groups excluding carboxylic acids is 1. The van der Waals surface area contributed by atoms with Crippen LogP contribution in [0.25, 0.3) is 0 Å². The van der Waals surface area contributed by atoms with Crippen molar-refractivity contribution in [1.29, 1.82) is 0 Å². The summed E-state index contributed by atoms with van der Waals surface area (Å²) >= 11 is 0. The third-order valence-electron chi connectivity index (χ3n) is 1.46. The molecule has 0 aromatic heterocycles. The average Bonchev–Trinajstić information content (AvgIpc) is 2.00. The molecule has 0 aliphatic heterocycles. The van der Waals surface area contributed by atoms with Crippen LogP contribution in [-0.2, 0) is 4.74 Å². The van der Waals surface area contributed by atoms with Crippen LogP contribution >= 0.6 is 9.24 Å². The molecule has 0 aliphatic rings. The summed E-state index contributed by atoms with van der Waals surface area (Å²) in [4.78, 5) is 11.3. The predicted octanol–water partition coefficient (Wildman–Crippen LogP) is 1.14. The van der Waals surface area contributed by atoms with E-state index in [2.05, 4.69) is 14.6 Å². The van der Waals surface area contributed by atoms with E-state index in [-0.39, 0.29) is 12.6 Å². The van der Waals surface area contributed by atoms with Gasteiger partial charge in [0.1, 0.15) is 5.60 Å². The Kier molecular flexibility index (Phi) is 6.05. The van der Waals surface area contributed by atoms with Gasteiger partial charge in [-0.3, -0.25) is 0 Å². The third kappa shape index (κ3) is 7.10. The van der Waals surface area contributed by atoms with Gasteiger partial charge in [-0.05, 0) is 33.4 Å². The number of hydrogen-bond donors (Lipinski definition) is 2. The van der Waals surface area contributed by atoms with Crippen molar-refractivity contribution in [3.8, 4) is 0 Å². The minimum Gasteiger partial charge on any atom is -0.444 e. The van der Waals surface area contributed by atoms with Gasteiger partial charge in [0, 0.05) is 0 Å². The largest absolute Gasteiger partial charge is 0.444 e. The molecule has 1 unspecified atom stereocenters. The number of carbonyl (C=O) groups is 1. The van der Waals surface area contributed by atoms with E-state index in [1.54, 1.807) is 20.8 Å². The highest BCUT2D eigenvalue weighted by atomic mass is 31.0. The number of nitrogens with one attached hydrogen (secondary N) is 1. The van der Waals surface area contributed by atoms with E-state index in [9.17, 15) is 4.79 Å². The first-order valence-corrected chi connectivity index (χ1v) is 5.51. The Hall–Kier alpha value is -0.340. The van der Waals surface area contributed by atoms with Gasteiger partial charge in [0.15, 0.2) is 0 Å². The lowest BCUT2D eigenvalue weighted by Gasteiger charge is -2.22. The van der Waals surface area contributed by atoms with Gasteiger partial charge in [0.05, 0.1) is 12.6 Å². The first-order chi connectivity index (χ1) is 6.39. The van der Waals surface area contributed by atoms with Crippen LogP contribution in [0.4, 0.5) is 4.79 Å². The normalized spacial score (nSPS) is 13.5. The zero-order chi connectivity index (χ0) is 11.2. The van der Waals surface area contributed by atoms with Gasteiger partial charge >= 0.3 is 6.09 Å². The number of alkyl carbamates (subject to hydrolysis) is 1. The lowest BCUT2D eigenvalue weighted by Crippen LogP contribution is -2.41. The van der Waals surface area contributed by atoms with E-state index >= 15 is 0 Å². The van der Waals surface area contributed by atoms with Gasteiger partial charge < -0.3 is 15.2 Å². The van der Waals surface area contributed by atoms with Gasteiger partial charge in [-0.25, -0.2) is 4.79 Å². The highest BCUT2D eigenvalue weighted by molar-refractivity contribution is 7.16. The molecule has 0 aromatic rings. The highest BCUT2D eigenvalue weighted by Crippen LogP contribution is 2.07. The molecule has 1 amide bonds. The molecule has 14 heavy (non-hydrogen) atoms. The van der Waals surface area contributed by atoms with E-state index in [4.69, 9.17) is 9.84 Å². The van der Waals surface area contributed by atoms with Gasteiger partial charge in [-0.1, -0.05) is 0 Å². The van der Waals surface area contributed by atoms with Crippen molar-refractivity contribution in [3.05, 3.63) is 0 Å². The molecule has 0 rings (SSSR count). The van der Waals surface area contributed by atoms with Crippen molar-refractivity contribution in [2.24, 2.45) is 0 Å². The molecular formula is C9H20NO3P. The van der Waals surface area contributed by atoms with Crippen LogP contribution in [-0.4, -0.2) is 35.6 Å². The van der Waals surface area contributed by atoms with Gasteiger partial charge in [0.25, 0.3) is 0 Å². The van der Waals surface area contributed by atoms with Crippen molar-refractivity contribution in [3.63, 3.8) is 0 Å². The van der Waals surface area contributed by atoms with Crippen LogP contribution < -0.4 is 5.32 Å². The Morgan fingerprint density at radius 1 is 1.57 bits per heavy atom. The lowest BCUT2D eigenvalue weighted by molar-refractivity contribution is 0.0481. The summed E-state index contributed by atoms with van der Waals surface area (Å²) in [5.41, 5.74) is -0.495. The summed E-state index contributed by atoms with van der Waals surface area (Å²) in [6, 6.07) is -0.220. The fraction of sp³-hybridized carbons (Fsp3) is 0.889. The smallest absolute Gasteiger partial charge is 0.407 e. The molecule has 0 bridgehead atoms. The molecule has 0 saturated carbocycles. The zero-order valence-electron chi connectivity index (χ0n) is 9.04. The summed E-state index contributed by atoms with van der Waals surface area (Å²) in [7, 11) is 2.55. The van der Waals surface area contributed by atoms with Crippen LogP contribution in [0.2, 0.25) is 0 Å². The van der Waals surface area contributed by atoms with E-state index in [1.165, 1.54) is 0 Å². The van der Waals surface area contributed by atoms with Crippen molar-refractivity contribution in [1.82, 2.24) is 5.32 Å². The van der Waals surface area contributed by atoms with Crippen LogP contribution in [0, 0.1) is 0 Å². The quantitative estimate of drug-likeness (QED) is 0.700. The predicted molar refractivity (Wildman–Crippen MR) is 59.4 cm³/mol. The summed E-state index contributed by atoms with van der Waals surface area (Å²) in [6.45, 7) is 5.34. The van der Waals surface area contributed by atoms with Crippen molar-refractivity contribution >= 4 is 15.3 Å². The number of rotatable bonds is 4. The zero-order valence-corrected chi connectivity index (χ0v) is 10.2. The van der Waals surface area contributed by atoms with Crippen LogP contribution in [0.5, 0.6) is 0 Å². The molecule has 0 aromatic carbocycles. The minimum absolute atomic E-state index is 0.0619. The van der Waals surface area contributed by atoms with E-state index in [0.717, 1.165) is 12.6 Å². The second kappa shape index (κ2) is 6.20. The molecule has 5 heteroatoms. The second-order valence-corrected chi connectivity index (χ2v) is 4.68. The van der Waals surface area contributed by atoms with E-state index in [0.29, 0.717) is 0 Å². The Morgan fingerprint density at radius 3 is 2.50 bits per heavy atom. The first-order valence-electron chi connectivity index (χ1n) is 4.69. The lowest BCUT2D eigenvalue weighted by atomic mass is 10.2. The molecule has 0 radical (unpaired) electrons. The second-order valence-electron chi connectivity index (χ2n) is 4.10. The minimum atomic E-state index is -0.495. The average molecular weight is 221 g/mol. The van der Waals surface area contributed by atoms with Gasteiger partial charge in [0.2, 0.25) is 0 Å². The van der Waals surface area contributed by atoms with Crippen LogP contribution in [0.15, 0.2) is 0 Å². The molecule has 2 N–H and O–H groups in total. The van der Waals surface area contributed by atoms with Crippen molar-refractivity contribution in [2.75, 3.05) is 12.8 Å². The number of amides is 1. The molecule has 0 fully saturated rings.